The molecule has 0 aromatic carbocycles. The number of hydrogen-bond acceptors (Lipinski definition) is 5. The molecular formula is C7H9N5S. The van der Waals surface area contributed by atoms with E-state index >= 15 is 0 Å². The Kier molecular flexibility index (Phi) is 1.84. The SMILES string of the molecule is CSc1nc(C)cc2nnc(N)n12. The van der Waals surface area contributed by atoms with E-state index in [2.05, 4.69) is 15.2 Å². The van der Waals surface area contributed by atoms with Crippen LogP contribution in [-0.2, 0) is 0 Å². The van der Waals surface area contributed by atoms with Gasteiger partial charge in [-0.05, 0) is 13.2 Å². The lowest BCUT2D eigenvalue weighted by molar-refractivity contribution is 0.886. The van der Waals surface area contributed by atoms with Gasteiger partial charge >= 0.3 is 0 Å². The van der Waals surface area contributed by atoms with Crippen LogP contribution >= 0.6 is 11.8 Å². The van der Waals surface area contributed by atoms with E-state index in [-0.39, 0.29) is 0 Å². The summed E-state index contributed by atoms with van der Waals surface area (Å²) in [5.41, 5.74) is 7.30. The molecule has 0 aliphatic carbocycles. The van der Waals surface area contributed by atoms with Crippen molar-refractivity contribution in [2.75, 3.05) is 12.0 Å². The normalized spacial score (nSPS) is 10.9. The zero-order valence-corrected chi connectivity index (χ0v) is 8.17. The fourth-order valence-corrected chi connectivity index (χ4v) is 1.76. The van der Waals surface area contributed by atoms with Crippen LogP contribution in [0.5, 0.6) is 0 Å². The molecular weight excluding hydrogens is 186 g/mol. The number of hydrogen-bond donors (Lipinski definition) is 1. The van der Waals surface area contributed by atoms with E-state index < -0.39 is 0 Å². The van der Waals surface area contributed by atoms with E-state index in [4.69, 9.17) is 5.73 Å². The van der Waals surface area contributed by atoms with Crippen molar-refractivity contribution in [2.24, 2.45) is 0 Å². The van der Waals surface area contributed by atoms with Gasteiger partial charge in [-0.3, -0.25) is 0 Å². The Labute approximate surface area is 79.4 Å². The van der Waals surface area contributed by atoms with Crippen LogP contribution in [-0.4, -0.2) is 25.8 Å². The van der Waals surface area contributed by atoms with Crippen LogP contribution < -0.4 is 5.73 Å². The Balaban J connectivity index is 2.85. The Morgan fingerprint density at radius 3 is 2.92 bits per heavy atom. The maximum atomic E-state index is 5.64. The van der Waals surface area contributed by atoms with Gasteiger partial charge in [0, 0.05) is 11.8 Å². The summed E-state index contributed by atoms with van der Waals surface area (Å²) < 4.78 is 1.73. The molecule has 0 fully saturated rings. The highest BCUT2D eigenvalue weighted by molar-refractivity contribution is 7.98. The molecule has 2 rings (SSSR count). The average molecular weight is 195 g/mol. The van der Waals surface area contributed by atoms with Crippen LogP contribution in [0.15, 0.2) is 11.2 Å². The van der Waals surface area contributed by atoms with Crippen LogP contribution in [0.3, 0.4) is 0 Å². The average Bonchev–Trinajstić information content (AvgIpc) is 2.46. The topological polar surface area (TPSA) is 69.1 Å². The quantitative estimate of drug-likeness (QED) is 0.537. The highest BCUT2D eigenvalue weighted by atomic mass is 32.2. The number of nitrogens with zero attached hydrogens (tertiary/aromatic N) is 4. The third kappa shape index (κ3) is 1.23. The van der Waals surface area contributed by atoms with Crippen molar-refractivity contribution in [2.45, 2.75) is 12.1 Å². The summed E-state index contributed by atoms with van der Waals surface area (Å²) in [6.07, 6.45) is 1.95. The number of thioether (sulfide) groups is 1. The minimum Gasteiger partial charge on any atom is -0.368 e. The molecule has 68 valence electrons. The molecule has 0 bridgehead atoms. The monoisotopic (exact) mass is 195 g/mol. The molecule has 0 saturated heterocycles. The molecule has 0 radical (unpaired) electrons. The van der Waals surface area contributed by atoms with Crippen molar-refractivity contribution in [3.05, 3.63) is 11.8 Å². The van der Waals surface area contributed by atoms with E-state index in [1.165, 1.54) is 11.8 Å². The fourth-order valence-electron chi connectivity index (χ4n) is 1.16. The second-order valence-electron chi connectivity index (χ2n) is 2.64. The highest BCUT2D eigenvalue weighted by Crippen LogP contribution is 2.17. The number of rotatable bonds is 1. The fraction of sp³-hybridized carbons (Fsp3) is 0.286. The minimum absolute atomic E-state index is 0.381. The molecule has 0 atom stereocenters. The number of nitrogens with two attached hydrogens (primary N) is 1. The Morgan fingerprint density at radius 1 is 1.46 bits per heavy atom. The Bertz CT molecular complexity index is 449. The summed E-state index contributed by atoms with van der Waals surface area (Å²) in [7, 11) is 0. The summed E-state index contributed by atoms with van der Waals surface area (Å²) in [5, 5.41) is 8.52. The van der Waals surface area contributed by atoms with Crippen LogP contribution in [0.4, 0.5) is 5.95 Å². The first-order chi connectivity index (χ1) is 6.22. The largest absolute Gasteiger partial charge is 0.368 e. The van der Waals surface area contributed by atoms with Crippen LogP contribution in [0.1, 0.15) is 5.69 Å². The molecule has 2 aromatic rings. The van der Waals surface area contributed by atoms with Gasteiger partial charge in [-0.1, -0.05) is 11.8 Å². The standard InChI is InChI=1S/C7H9N5S/c1-4-3-5-10-11-6(8)12(5)7(9-4)13-2/h3H,1-2H3,(H2,8,11). The third-order valence-corrected chi connectivity index (χ3v) is 2.34. The van der Waals surface area contributed by atoms with Crippen molar-refractivity contribution in [1.29, 1.82) is 0 Å². The minimum atomic E-state index is 0.381. The van der Waals surface area contributed by atoms with Crippen molar-refractivity contribution >= 4 is 23.4 Å². The predicted molar refractivity (Wildman–Crippen MR) is 51.7 cm³/mol. The number of aryl methyl sites for hydroxylation is 1. The summed E-state index contributed by atoms with van der Waals surface area (Å²) in [4.78, 5) is 4.32. The molecule has 0 unspecified atom stereocenters. The lowest BCUT2D eigenvalue weighted by atomic mass is 10.4. The van der Waals surface area contributed by atoms with Gasteiger partial charge in [-0.2, -0.15) is 0 Å². The molecule has 0 spiro atoms. The van der Waals surface area contributed by atoms with Crippen LogP contribution in [0.25, 0.3) is 5.65 Å². The lowest BCUT2D eigenvalue weighted by Gasteiger charge is -2.02. The van der Waals surface area contributed by atoms with E-state index in [0.29, 0.717) is 5.95 Å². The maximum absolute atomic E-state index is 5.64. The number of nitrogen functional groups attached to an aromatic ring is 1. The van der Waals surface area contributed by atoms with E-state index in [1.807, 2.05) is 19.2 Å². The number of aromatic nitrogens is 4. The van der Waals surface area contributed by atoms with Crippen molar-refractivity contribution in [3.63, 3.8) is 0 Å². The van der Waals surface area contributed by atoms with Crippen molar-refractivity contribution in [1.82, 2.24) is 19.6 Å². The predicted octanol–water partition coefficient (Wildman–Crippen LogP) is 0.737. The number of anilines is 1. The van der Waals surface area contributed by atoms with Crippen molar-refractivity contribution in [3.8, 4) is 0 Å². The summed E-state index contributed by atoms with van der Waals surface area (Å²) in [6, 6.07) is 1.85. The molecule has 2 heterocycles. The van der Waals surface area contributed by atoms with Gasteiger partial charge in [-0.15, -0.1) is 10.2 Å². The zero-order chi connectivity index (χ0) is 9.42. The Morgan fingerprint density at radius 2 is 2.23 bits per heavy atom. The van der Waals surface area contributed by atoms with Gasteiger partial charge in [0.25, 0.3) is 0 Å². The maximum Gasteiger partial charge on any atom is 0.228 e. The number of fused-ring (bicyclic) bond motifs is 1. The van der Waals surface area contributed by atoms with Crippen LogP contribution in [0.2, 0.25) is 0 Å². The molecule has 0 saturated carbocycles. The van der Waals surface area contributed by atoms with E-state index in [1.54, 1.807) is 4.40 Å². The molecule has 0 aliphatic rings. The summed E-state index contributed by atoms with van der Waals surface area (Å²) >= 11 is 1.52. The van der Waals surface area contributed by atoms with Gasteiger partial charge < -0.3 is 5.73 Å². The van der Waals surface area contributed by atoms with Gasteiger partial charge in [0.05, 0.1) is 0 Å². The lowest BCUT2D eigenvalue weighted by Crippen LogP contribution is -2.00. The second-order valence-corrected chi connectivity index (χ2v) is 3.41. The zero-order valence-electron chi connectivity index (χ0n) is 7.35. The Hall–Kier alpha value is -1.30. The molecule has 13 heavy (non-hydrogen) atoms. The van der Waals surface area contributed by atoms with Gasteiger partial charge in [0.2, 0.25) is 5.95 Å². The molecule has 0 amide bonds. The highest BCUT2D eigenvalue weighted by Gasteiger charge is 2.07. The van der Waals surface area contributed by atoms with E-state index in [0.717, 1.165) is 16.5 Å². The van der Waals surface area contributed by atoms with E-state index in [9.17, 15) is 0 Å². The second kappa shape index (κ2) is 2.88. The van der Waals surface area contributed by atoms with Crippen LogP contribution in [0, 0.1) is 6.92 Å². The first kappa shape index (κ1) is 8.31. The summed E-state index contributed by atoms with van der Waals surface area (Å²) in [5.74, 6) is 0.381. The molecule has 2 N–H and O–H groups in total. The first-order valence-electron chi connectivity index (χ1n) is 3.74. The first-order valence-corrected chi connectivity index (χ1v) is 4.97. The van der Waals surface area contributed by atoms with Crippen molar-refractivity contribution < 1.29 is 0 Å². The molecule has 6 heteroatoms. The van der Waals surface area contributed by atoms with Gasteiger partial charge in [0.1, 0.15) is 0 Å². The summed E-state index contributed by atoms with van der Waals surface area (Å²) in [6.45, 7) is 1.92. The molecule has 2 aromatic heterocycles. The molecule has 5 nitrogen and oxygen atoms in total. The molecule has 0 aliphatic heterocycles. The van der Waals surface area contributed by atoms with Gasteiger partial charge in [0.15, 0.2) is 10.8 Å². The third-order valence-electron chi connectivity index (χ3n) is 1.70. The smallest absolute Gasteiger partial charge is 0.228 e. The van der Waals surface area contributed by atoms with Gasteiger partial charge in [-0.25, -0.2) is 9.38 Å².